The molecule has 98 valence electrons. The molecule has 1 amide bonds. The van der Waals surface area contributed by atoms with Crippen LogP contribution in [0.25, 0.3) is 0 Å². The SMILES string of the molecule is O=C(NC1CCCOC1)c1c(F)cc(Br)cc1F. The normalized spacial score (nSPS) is 19.6. The number of hydrogen-bond donors (Lipinski definition) is 1. The zero-order valence-electron chi connectivity index (χ0n) is 9.51. The topological polar surface area (TPSA) is 38.3 Å². The molecule has 1 N–H and O–H groups in total. The molecule has 0 bridgehead atoms. The second kappa shape index (κ2) is 5.75. The van der Waals surface area contributed by atoms with Gasteiger partial charge in [0.1, 0.15) is 17.2 Å². The lowest BCUT2D eigenvalue weighted by molar-refractivity contribution is 0.0620. The number of rotatable bonds is 2. The van der Waals surface area contributed by atoms with E-state index in [-0.39, 0.29) is 10.5 Å². The summed E-state index contributed by atoms with van der Waals surface area (Å²) >= 11 is 2.96. The summed E-state index contributed by atoms with van der Waals surface area (Å²) in [5.74, 6) is -2.50. The van der Waals surface area contributed by atoms with Gasteiger partial charge < -0.3 is 10.1 Å². The molecule has 1 unspecified atom stereocenters. The van der Waals surface area contributed by atoms with Crippen molar-refractivity contribution in [1.29, 1.82) is 0 Å². The molecule has 1 aliphatic rings. The molecule has 1 fully saturated rings. The summed E-state index contributed by atoms with van der Waals surface area (Å²) in [5.41, 5.74) is -0.552. The van der Waals surface area contributed by atoms with Crippen molar-refractivity contribution in [3.63, 3.8) is 0 Å². The van der Waals surface area contributed by atoms with E-state index in [0.29, 0.717) is 13.2 Å². The monoisotopic (exact) mass is 319 g/mol. The van der Waals surface area contributed by atoms with E-state index >= 15 is 0 Å². The number of halogens is 3. The second-order valence-corrected chi connectivity index (χ2v) is 5.05. The van der Waals surface area contributed by atoms with Gasteiger partial charge in [-0.05, 0) is 25.0 Å². The number of benzene rings is 1. The Morgan fingerprint density at radius 3 is 2.61 bits per heavy atom. The third-order valence-electron chi connectivity index (χ3n) is 2.73. The molecule has 1 atom stereocenters. The first-order valence-corrected chi connectivity index (χ1v) is 6.40. The highest BCUT2D eigenvalue weighted by Gasteiger charge is 2.22. The van der Waals surface area contributed by atoms with Gasteiger partial charge in [-0.2, -0.15) is 0 Å². The average molecular weight is 320 g/mol. The first-order chi connectivity index (χ1) is 8.58. The summed E-state index contributed by atoms with van der Waals surface area (Å²) < 4.78 is 32.6. The minimum Gasteiger partial charge on any atom is -0.379 e. The van der Waals surface area contributed by atoms with Crippen LogP contribution in [0.3, 0.4) is 0 Å². The van der Waals surface area contributed by atoms with E-state index in [4.69, 9.17) is 4.74 Å². The highest BCUT2D eigenvalue weighted by Crippen LogP contribution is 2.19. The van der Waals surface area contributed by atoms with Gasteiger partial charge in [-0.15, -0.1) is 0 Å². The maximum absolute atomic E-state index is 13.6. The van der Waals surface area contributed by atoms with Crippen molar-refractivity contribution in [2.45, 2.75) is 18.9 Å². The van der Waals surface area contributed by atoms with Gasteiger partial charge in [0.2, 0.25) is 0 Å². The van der Waals surface area contributed by atoms with Crippen LogP contribution in [-0.4, -0.2) is 25.2 Å². The molecular weight excluding hydrogens is 308 g/mol. The molecule has 1 aromatic carbocycles. The number of hydrogen-bond acceptors (Lipinski definition) is 2. The fourth-order valence-electron chi connectivity index (χ4n) is 1.87. The largest absolute Gasteiger partial charge is 0.379 e. The van der Waals surface area contributed by atoms with Crippen LogP contribution >= 0.6 is 15.9 Å². The molecule has 3 nitrogen and oxygen atoms in total. The van der Waals surface area contributed by atoms with Crippen molar-refractivity contribution in [3.8, 4) is 0 Å². The molecule has 0 aromatic heterocycles. The number of carbonyl (C=O) groups is 1. The summed E-state index contributed by atoms with van der Waals surface area (Å²) in [6, 6.07) is 1.94. The van der Waals surface area contributed by atoms with E-state index < -0.39 is 23.1 Å². The Morgan fingerprint density at radius 1 is 1.39 bits per heavy atom. The first kappa shape index (κ1) is 13.4. The zero-order chi connectivity index (χ0) is 13.1. The van der Waals surface area contributed by atoms with Gasteiger partial charge in [0.15, 0.2) is 0 Å². The van der Waals surface area contributed by atoms with Crippen LogP contribution in [-0.2, 0) is 4.74 Å². The van der Waals surface area contributed by atoms with Gasteiger partial charge in [0, 0.05) is 11.1 Å². The highest BCUT2D eigenvalue weighted by atomic mass is 79.9. The van der Waals surface area contributed by atoms with Crippen LogP contribution in [0.4, 0.5) is 8.78 Å². The van der Waals surface area contributed by atoms with Crippen molar-refractivity contribution in [3.05, 3.63) is 33.8 Å². The lowest BCUT2D eigenvalue weighted by Crippen LogP contribution is -2.41. The van der Waals surface area contributed by atoms with Crippen molar-refractivity contribution >= 4 is 21.8 Å². The predicted octanol–water partition coefficient (Wildman–Crippen LogP) is 2.64. The first-order valence-electron chi connectivity index (χ1n) is 5.61. The van der Waals surface area contributed by atoms with Crippen LogP contribution in [0.15, 0.2) is 16.6 Å². The molecule has 1 saturated heterocycles. The maximum atomic E-state index is 13.6. The lowest BCUT2D eigenvalue weighted by atomic mass is 10.1. The number of amides is 1. The molecule has 18 heavy (non-hydrogen) atoms. The molecule has 0 radical (unpaired) electrons. The zero-order valence-corrected chi connectivity index (χ0v) is 11.1. The maximum Gasteiger partial charge on any atom is 0.257 e. The van der Waals surface area contributed by atoms with E-state index in [1.807, 2.05) is 0 Å². The molecule has 1 aliphatic heterocycles. The van der Waals surface area contributed by atoms with Crippen LogP contribution in [0.5, 0.6) is 0 Å². The van der Waals surface area contributed by atoms with Crippen molar-refractivity contribution in [2.75, 3.05) is 13.2 Å². The molecule has 0 aliphatic carbocycles. The van der Waals surface area contributed by atoms with E-state index in [0.717, 1.165) is 25.0 Å². The number of ether oxygens (including phenoxy) is 1. The Hall–Kier alpha value is -1.01. The van der Waals surface area contributed by atoms with Gasteiger partial charge in [-0.1, -0.05) is 15.9 Å². The Labute approximate surface area is 112 Å². The summed E-state index contributed by atoms with van der Waals surface area (Å²) in [6.45, 7) is 1.04. The molecule has 1 aromatic rings. The molecule has 1 heterocycles. The molecule has 6 heteroatoms. The predicted molar refractivity (Wildman–Crippen MR) is 65.4 cm³/mol. The van der Waals surface area contributed by atoms with E-state index in [9.17, 15) is 13.6 Å². The van der Waals surface area contributed by atoms with Gasteiger partial charge in [0.25, 0.3) is 5.91 Å². The fraction of sp³-hybridized carbons (Fsp3) is 0.417. The van der Waals surface area contributed by atoms with Crippen molar-refractivity contribution in [1.82, 2.24) is 5.32 Å². The number of carbonyl (C=O) groups excluding carboxylic acids is 1. The Balaban J connectivity index is 2.13. The molecule has 2 rings (SSSR count). The van der Waals surface area contributed by atoms with Gasteiger partial charge >= 0.3 is 0 Å². The number of nitrogens with one attached hydrogen (secondary N) is 1. The third kappa shape index (κ3) is 3.05. The average Bonchev–Trinajstić information content (AvgIpc) is 2.28. The minimum atomic E-state index is -0.879. The van der Waals surface area contributed by atoms with Crippen LogP contribution in [0.2, 0.25) is 0 Å². The van der Waals surface area contributed by atoms with E-state index in [1.54, 1.807) is 0 Å². The smallest absolute Gasteiger partial charge is 0.257 e. The summed E-state index contributed by atoms with van der Waals surface area (Å²) in [6.07, 6.45) is 1.59. The Morgan fingerprint density at radius 2 is 2.06 bits per heavy atom. The van der Waals surface area contributed by atoms with Crippen molar-refractivity contribution < 1.29 is 18.3 Å². The molecular formula is C12H12BrF2NO2. The third-order valence-corrected chi connectivity index (χ3v) is 3.19. The van der Waals surface area contributed by atoms with Crippen LogP contribution in [0.1, 0.15) is 23.2 Å². The Bertz CT molecular complexity index is 438. The minimum absolute atomic E-state index is 0.186. The standard InChI is InChI=1S/C12H12BrF2NO2/c13-7-4-9(14)11(10(15)5-7)12(17)16-8-2-1-3-18-6-8/h4-5,8H,1-3,6H2,(H,16,17). The molecule has 0 saturated carbocycles. The Kier molecular flexibility index (Phi) is 4.29. The summed E-state index contributed by atoms with van der Waals surface area (Å²) in [7, 11) is 0. The van der Waals surface area contributed by atoms with Gasteiger partial charge in [0.05, 0.1) is 12.6 Å². The van der Waals surface area contributed by atoms with Crippen molar-refractivity contribution in [2.24, 2.45) is 0 Å². The summed E-state index contributed by atoms with van der Waals surface area (Å²) in [4.78, 5) is 11.8. The van der Waals surface area contributed by atoms with Gasteiger partial charge in [-0.3, -0.25) is 4.79 Å². The highest BCUT2D eigenvalue weighted by molar-refractivity contribution is 9.10. The lowest BCUT2D eigenvalue weighted by Gasteiger charge is -2.23. The fourth-order valence-corrected chi connectivity index (χ4v) is 2.27. The van der Waals surface area contributed by atoms with Crippen LogP contribution < -0.4 is 5.32 Å². The van der Waals surface area contributed by atoms with E-state index in [1.165, 1.54) is 0 Å². The van der Waals surface area contributed by atoms with Gasteiger partial charge in [-0.25, -0.2) is 8.78 Å². The second-order valence-electron chi connectivity index (χ2n) is 4.13. The molecule has 0 spiro atoms. The quantitative estimate of drug-likeness (QED) is 0.910. The summed E-state index contributed by atoms with van der Waals surface area (Å²) in [5, 5.41) is 2.58. The van der Waals surface area contributed by atoms with E-state index in [2.05, 4.69) is 21.2 Å². The van der Waals surface area contributed by atoms with Crippen LogP contribution in [0, 0.1) is 11.6 Å².